The molecule has 1 aromatic carbocycles. The minimum absolute atomic E-state index is 0.121. The van der Waals surface area contributed by atoms with E-state index in [0.717, 1.165) is 17.7 Å². The fourth-order valence-electron chi connectivity index (χ4n) is 2.23. The maximum atomic E-state index is 12.4. The van der Waals surface area contributed by atoms with Gasteiger partial charge in [-0.1, -0.05) is 12.2 Å². The van der Waals surface area contributed by atoms with E-state index in [2.05, 4.69) is 10.8 Å². The first-order valence-corrected chi connectivity index (χ1v) is 8.62. The summed E-state index contributed by atoms with van der Waals surface area (Å²) in [5.74, 6) is -1.08. The summed E-state index contributed by atoms with van der Waals surface area (Å²) in [4.78, 5) is 11.9. The zero-order chi connectivity index (χ0) is 18.8. The van der Waals surface area contributed by atoms with E-state index in [1.807, 2.05) is 6.92 Å². The van der Waals surface area contributed by atoms with E-state index in [0.29, 0.717) is 24.8 Å². The molecule has 2 rings (SSSR count). The summed E-state index contributed by atoms with van der Waals surface area (Å²) in [6.07, 6.45) is 3.23. The summed E-state index contributed by atoms with van der Waals surface area (Å²) >= 11 is 0. The number of hydrogen-bond acceptors (Lipinski definition) is 5. The first-order valence-electron chi connectivity index (χ1n) is 7.21. The fourth-order valence-corrected chi connectivity index (χ4v) is 2.68. The number of esters is 1. The van der Waals surface area contributed by atoms with E-state index in [-0.39, 0.29) is 11.3 Å². The van der Waals surface area contributed by atoms with Crippen molar-refractivity contribution in [2.75, 3.05) is 0 Å². The summed E-state index contributed by atoms with van der Waals surface area (Å²) < 4.78 is 68.7. The minimum Gasteiger partial charge on any atom is -0.423 e. The average Bonchev–Trinajstić information content (AvgIpc) is 2.47. The van der Waals surface area contributed by atoms with Crippen LogP contribution in [0.15, 0.2) is 42.0 Å². The number of hydrogen-bond donors (Lipinski definition) is 0. The lowest BCUT2D eigenvalue weighted by molar-refractivity contribution is -0.129. The molecule has 136 valence electrons. The van der Waals surface area contributed by atoms with Gasteiger partial charge in [0.15, 0.2) is 0 Å². The SMILES string of the molecule is C=C1C=C(C)CCCc2cc(OS(=O)(=O)C(F)(F)F)ccc2OC1=O. The third-order valence-electron chi connectivity index (χ3n) is 3.42. The third-order valence-corrected chi connectivity index (χ3v) is 4.40. The van der Waals surface area contributed by atoms with Crippen LogP contribution < -0.4 is 8.92 Å². The molecule has 0 radical (unpaired) electrons. The van der Waals surface area contributed by atoms with Gasteiger partial charge in [0.05, 0.1) is 5.57 Å². The zero-order valence-electron chi connectivity index (χ0n) is 13.2. The molecule has 0 aromatic heterocycles. The van der Waals surface area contributed by atoms with Gasteiger partial charge in [-0.3, -0.25) is 0 Å². The van der Waals surface area contributed by atoms with Crippen molar-refractivity contribution >= 4 is 16.1 Å². The van der Waals surface area contributed by atoms with E-state index >= 15 is 0 Å². The predicted octanol–water partition coefficient (Wildman–Crippen LogP) is 3.66. The lowest BCUT2D eigenvalue weighted by atomic mass is 10.0. The van der Waals surface area contributed by atoms with Gasteiger partial charge in [-0.05, 0) is 56.0 Å². The van der Waals surface area contributed by atoms with Crippen LogP contribution in [0.4, 0.5) is 13.2 Å². The number of aryl methyl sites for hydroxylation is 1. The van der Waals surface area contributed by atoms with Crippen molar-refractivity contribution in [2.45, 2.75) is 31.7 Å². The molecular formula is C16H15F3O5S. The molecule has 1 aliphatic rings. The van der Waals surface area contributed by atoms with Gasteiger partial charge < -0.3 is 8.92 Å². The number of fused-ring (bicyclic) bond motifs is 1. The highest BCUT2D eigenvalue weighted by atomic mass is 32.2. The van der Waals surface area contributed by atoms with Crippen molar-refractivity contribution in [3.8, 4) is 11.5 Å². The Morgan fingerprint density at radius 3 is 2.56 bits per heavy atom. The molecule has 1 aliphatic heterocycles. The lowest BCUT2D eigenvalue weighted by Crippen LogP contribution is -2.28. The molecule has 25 heavy (non-hydrogen) atoms. The molecule has 0 spiro atoms. The topological polar surface area (TPSA) is 69.7 Å². The second-order valence-electron chi connectivity index (χ2n) is 5.51. The largest absolute Gasteiger partial charge is 0.534 e. The number of carbonyl (C=O) groups is 1. The van der Waals surface area contributed by atoms with Crippen molar-refractivity contribution < 1.29 is 35.3 Å². The summed E-state index contributed by atoms with van der Waals surface area (Å²) in [6.45, 7) is 5.42. The highest BCUT2D eigenvalue weighted by Gasteiger charge is 2.48. The van der Waals surface area contributed by atoms with Gasteiger partial charge in [0, 0.05) is 0 Å². The third kappa shape index (κ3) is 4.62. The van der Waals surface area contributed by atoms with E-state index in [9.17, 15) is 26.4 Å². The Morgan fingerprint density at radius 1 is 1.24 bits per heavy atom. The Bertz CT molecular complexity index is 838. The minimum atomic E-state index is -5.77. The Kier molecular flexibility index (Phi) is 5.26. The molecule has 0 bridgehead atoms. The summed E-state index contributed by atoms with van der Waals surface area (Å²) in [5.41, 5.74) is -4.12. The van der Waals surface area contributed by atoms with Gasteiger partial charge in [0.1, 0.15) is 11.5 Å². The summed E-state index contributed by atoms with van der Waals surface area (Å²) in [6, 6.07) is 3.31. The number of ether oxygens (including phenoxy) is 1. The molecule has 5 nitrogen and oxygen atoms in total. The van der Waals surface area contributed by atoms with Crippen LogP contribution in [0.25, 0.3) is 0 Å². The van der Waals surface area contributed by atoms with E-state index in [1.54, 1.807) is 6.08 Å². The first kappa shape index (κ1) is 19.0. The number of rotatable bonds is 2. The molecule has 9 heteroatoms. The standard InChI is InChI=1S/C16H15F3O5S/c1-10-4-3-5-12-9-13(24-25(21,22)16(17,18)19)6-7-14(12)23-15(20)11(2)8-10/h6-9H,2-5H2,1H3. The number of carbonyl (C=O) groups excluding carboxylic acids is 1. The van der Waals surface area contributed by atoms with Crippen LogP contribution in [0, 0.1) is 0 Å². The van der Waals surface area contributed by atoms with Crippen molar-refractivity contribution in [1.29, 1.82) is 0 Å². The Balaban J connectivity index is 2.34. The zero-order valence-corrected chi connectivity index (χ0v) is 14.0. The normalized spacial score (nSPS) is 16.6. The van der Waals surface area contributed by atoms with Crippen LogP contribution in [0.1, 0.15) is 25.3 Å². The lowest BCUT2D eigenvalue weighted by Gasteiger charge is -2.15. The van der Waals surface area contributed by atoms with Gasteiger partial charge >= 0.3 is 21.6 Å². The van der Waals surface area contributed by atoms with Crippen molar-refractivity contribution in [2.24, 2.45) is 0 Å². The Hall–Kier alpha value is -2.29. The molecule has 1 aromatic rings. The smallest absolute Gasteiger partial charge is 0.423 e. The van der Waals surface area contributed by atoms with Crippen molar-refractivity contribution in [1.82, 2.24) is 0 Å². The molecular weight excluding hydrogens is 361 g/mol. The van der Waals surface area contributed by atoms with Gasteiger partial charge in [-0.2, -0.15) is 21.6 Å². The number of benzene rings is 1. The van der Waals surface area contributed by atoms with Crippen molar-refractivity contribution in [3.05, 3.63) is 47.6 Å². The van der Waals surface area contributed by atoms with Gasteiger partial charge in [-0.15, -0.1) is 0 Å². The predicted molar refractivity (Wildman–Crippen MR) is 83.5 cm³/mol. The second kappa shape index (κ2) is 6.91. The average molecular weight is 376 g/mol. The highest BCUT2D eigenvalue weighted by molar-refractivity contribution is 7.88. The molecule has 1 heterocycles. The Morgan fingerprint density at radius 2 is 1.92 bits per heavy atom. The fraction of sp³-hybridized carbons (Fsp3) is 0.312. The Labute approximate surface area is 142 Å². The molecule has 0 N–H and O–H groups in total. The maximum absolute atomic E-state index is 12.4. The number of halogens is 3. The first-order chi connectivity index (χ1) is 11.5. The molecule has 0 saturated heterocycles. The monoisotopic (exact) mass is 376 g/mol. The van der Waals surface area contributed by atoms with Crippen LogP contribution >= 0.6 is 0 Å². The van der Waals surface area contributed by atoms with Crippen molar-refractivity contribution in [3.63, 3.8) is 0 Å². The molecule has 0 atom stereocenters. The van der Waals surface area contributed by atoms with Crippen LogP contribution in [-0.4, -0.2) is 19.9 Å². The van der Waals surface area contributed by atoms with Gasteiger partial charge in [0.2, 0.25) is 0 Å². The molecule has 0 saturated carbocycles. The van der Waals surface area contributed by atoms with Crippen LogP contribution in [0.5, 0.6) is 11.5 Å². The van der Waals surface area contributed by atoms with Gasteiger partial charge in [-0.25, -0.2) is 4.79 Å². The molecule has 0 amide bonds. The van der Waals surface area contributed by atoms with E-state index in [1.165, 1.54) is 6.07 Å². The summed E-state index contributed by atoms with van der Waals surface area (Å²) in [5, 5.41) is 0. The van der Waals surface area contributed by atoms with Crippen LogP contribution in [-0.2, 0) is 21.3 Å². The number of allylic oxidation sites excluding steroid dienone is 1. The molecule has 0 fully saturated rings. The molecule has 0 aliphatic carbocycles. The maximum Gasteiger partial charge on any atom is 0.534 e. The quantitative estimate of drug-likeness (QED) is 0.259. The van der Waals surface area contributed by atoms with Crippen LogP contribution in [0.2, 0.25) is 0 Å². The van der Waals surface area contributed by atoms with E-state index in [4.69, 9.17) is 4.74 Å². The molecule has 0 unspecified atom stereocenters. The van der Waals surface area contributed by atoms with Gasteiger partial charge in [0.25, 0.3) is 0 Å². The van der Waals surface area contributed by atoms with E-state index < -0.39 is 27.3 Å². The van der Waals surface area contributed by atoms with Crippen LogP contribution in [0.3, 0.4) is 0 Å². The second-order valence-corrected chi connectivity index (χ2v) is 7.05. The highest BCUT2D eigenvalue weighted by Crippen LogP contribution is 2.31. The number of alkyl halides is 3. The summed E-state index contributed by atoms with van der Waals surface area (Å²) in [7, 11) is -5.77.